The number of nitrogens with one attached hydrogen (secondary N) is 1. The molecule has 0 aliphatic rings. The van der Waals surface area contributed by atoms with E-state index in [9.17, 15) is 9.59 Å². The number of halogens is 1. The molecule has 2 rings (SSSR count). The van der Waals surface area contributed by atoms with Crippen molar-refractivity contribution in [2.75, 3.05) is 25.6 Å². The molecule has 0 amide bonds. The normalized spacial score (nSPS) is 10.8. The van der Waals surface area contributed by atoms with E-state index in [0.717, 1.165) is 5.69 Å². The number of Topliss-reactive ketones (excluding diaryl/α,β-unsaturated/α-hetero) is 1. The van der Waals surface area contributed by atoms with Crippen LogP contribution in [-0.2, 0) is 9.53 Å². The molecule has 144 valence electrons. The molecular formula is C21H21ClN3O3+. The van der Waals surface area contributed by atoms with Crippen molar-refractivity contribution in [1.82, 2.24) is 0 Å². The zero-order valence-electron chi connectivity index (χ0n) is 15.9. The number of hydrogen-bond acceptors (Lipinski definition) is 5. The van der Waals surface area contributed by atoms with Crippen LogP contribution in [0.2, 0.25) is 5.02 Å². The quantitative estimate of drug-likeness (QED) is 0.194. The maximum Gasteiger partial charge on any atom is 0.347 e. The van der Waals surface area contributed by atoms with E-state index in [1.54, 1.807) is 48.1 Å². The number of carbonyl (C=O) groups excluding carboxylic acids is 2. The Kier molecular flexibility index (Phi) is 7.27. The summed E-state index contributed by atoms with van der Waals surface area (Å²) in [6.45, 7) is 1.82. The highest BCUT2D eigenvalue weighted by atomic mass is 35.5. The summed E-state index contributed by atoms with van der Waals surface area (Å²) in [6.07, 6.45) is 4.72. The van der Waals surface area contributed by atoms with Gasteiger partial charge < -0.3 is 9.64 Å². The second-order valence-corrected chi connectivity index (χ2v) is 6.42. The Morgan fingerprint density at radius 2 is 1.79 bits per heavy atom. The van der Waals surface area contributed by atoms with Crippen molar-refractivity contribution < 1.29 is 18.9 Å². The van der Waals surface area contributed by atoms with E-state index in [4.69, 9.17) is 21.7 Å². The lowest BCUT2D eigenvalue weighted by atomic mass is 10.1. The Bertz CT molecular complexity index is 942. The first-order valence-corrected chi connectivity index (χ1v) is 8.93. The molecule has 1 aromatic heterocycles. The van der Waals surface area contributed by atoms with Crippen molar-refractivity contribution in [3.05, 3.63) is 71.0 Å². The molecule has 28 heavy (non-hydrogen) atoms. The van der Waals surface area contributed by atoms with Gasteiger partial charge in [-0.1, -0.05) is 11.6 Å². The van der Waals surface area contributed by atoms with Gasteiger partial charge in [0.05, 0.1) is 6.61 Å². The van der Waals surface area contributed by atoms with Crippen LogP contribution in [0.15, 0.2) is 60.4 Å². The van der Waals surface area contributed by atoms with Crippen LogP contribution in [0.3, 0.4) is 0 Å². The number of hydrogen-bond donors (Lipinski definition) is 1. The molecule has 1 N–H and O–H groups in total. The van der Waals surface area contributed by atoms with Crippen LogP contribution in [0.4, 0.5) is 5.69 Å². The fourth-order valence-corrected chi connectivity index (χ4v) is 2.50. The molecule has 0 aliphatic heterocycles. The van der Waals surface area contributed by atoms with Gasteiger partial charge in [0, 0.05) is 48.6 Å². The maximum absolute atomic E-state index is 13.1. The van der Waals surface area contributed by atoms with Gasteiger partial charge in [-0.2, -0.15) is 4.57 Å². The number of rotatable bonds is 7. The van der Waals surface area contributed by atoms with Crippen LogP contribution in [0.25, 0.3) is 5.70 Å². The SMILES string of the molecule is CCOC(=O)C(=C=N)C=C(C(=O)c1ccc(Cl)cc1)[n+]1ccc(N(C)C)cc1. The van der Waals surface area contributed by atoms with Crippen molar-refractivity contribution in [3.8, 4) is 0 Å². The highest BCUT2D eigenvalue weighted by molar-refractivity contribution is 6.31. The summed E-state index contributed by atoms with van der Waals surface area (Å²) >= 11 is 5.91. The van der Waals surface area contributed by atoms with Gasteiger partial charge in [0.2, 0.25) is 0 Å². The molecule has 1 aromatic carbocycles. The number of allylic oxidation sites excluding steroid dienone is 1. The minimum Gasteiger partial charge on any atom is -0.462 e. The third kappa shape index (κ3) is 5.16. The van der Waals surface area contributed by atoms with Crippen LogP contribution in [0.1, 0.15) is 17.3 Å². The monoisotopic (exact) mass is 398 g/mol. The molecule has 6 nitrogen and oxygen atoms in total. The Balaban J connectivity index is 2.55. The van der Waals surface area contributed by atoms with Gasteiger partial charge in [-0.3, -0.25) is 10.2 Å². The highest BCUT2D eigenvalue weighted by Gasteiger charge is 2.24. The molecular weight excluding hydrogens is 378 g/mol. The standard InChI is InChI=1S/C21H21ClN3O3/c1-4-28-21(27)16(14-23)13-19(20(26)15-5-7-17(22)8-6-15)25-11-9-18(10-12-25)24(2)3/h5-13,23H,4H2,1-3H3/q+1. The van der Waals surface area contributed by atoms with E-state index in [1.807, 2.05) is 31.1 Å². The van der Waals surface area contributed by atoms with E-state index in [1.165, 1.54) is 6.08 Å². The molecule has 0 unspecified atom stereocenters. The molecule has 0 atom stereocenters. The molecule has 0 saturated carbocycles. The van der Waals surface area contributed by atoms with Crippen LogP contribution in [0.5, 0.6) is 0 Å². The summed E-state index contributed by atoms with van der Waals surface area (Å²) in [6, 6.07) is 10.1. The Morgan fingerprint density at radius 1 is 1.18 bits per heavy atom. The van der Waals surface area contributed by atoms with Crippen molar-refractivity contribution in [1.29, 1.82) is 5.41 Å². The lowest BCUT2D eigenvalue weighted by Gasteiger charge is -2.11. The number of benzene rings is 1. The summed E-state index contributed by atoms with van der Waals surface area (Å²) in [5, 5.41) is 7.92. The lowest BCUT2D eigenvalue weighted by Crippen LogP contribution is -2.36. The molecule has 0 spiro atoms. The van der Waals surface area contributed by atoms with Crippen LogP contribution in [-0.4, -0.2) is 38.3 Å². The first-order chi connectivity index (χ1) is 13.4. The van der Waals surface area contributed by atoms with Crippen molar-refractivity contribution in [2.24, 2.45) is 0 Å². The Labute approximate surface area is 168 Å². The molecule has 0 fully saturated rings. The number of anilines is 1. The summed E-state index contributed by atoms with van der Waals surface area (Å²) < 4.78 is 6.52. The molecule has 1 heterocycles. The van der Waals surface area contributed by atoms with Crippen molar-refractivity contribution >= 4 is 40.6 Å². The second kappa shape index (κ2) is 9.65. The predicted molar refractivity (Wildman–Crippen MR) is 109 cm³/mol. The summed E-state index contributed by atoms with van der Waals surface area (Å²) in [5.41, 5.74) is 1.37. The van der Waals surface area contributed by atoms with Gasteiger partial charge in [-0.15, -0.1) is 0 Å². The predicted octanol–water partition coefficient (Wildman–Crippen LogP) is 3.16. The minimum absolute atomic E-state index is 0.150. The molecule has 0 aliphatic carbocycles. The number of ketones is 1. The Hall–Kier alpha value is -3.21. The van der Waals surface area contributed by atoms with Crippen LogP contribution in [0, 0.1) is 5.41 Å². The van der Waals surface area contributed by atoms with Gasteiger partial charge in [0.25, 0.3) is 11.5 Å². The van der Waals surface area contributed by atoms with Crippen molar-refractivity contribution in [2.45, 2.75) is 6.92 Å². The Morgan fingerprint density at radius 3 is 2.29 bits per heavy atom. The van der Waals surface area contributed by atoms with Crippen molar-refractivity contribution in [3.63, 3.8) is 0 Å². The zero-order chi connectivity index (χ0) is 20.7. The van der Waals surface area contributed by atoms with E-state index in [0.29, 0.717) is 10.6 Å². The largest absolute Gasteiger partial charge is 0.462 e. The third-order valence-corrected chi connectivity index (χ3v) is 4.11. The van der Waals surface area contributed by atoms with E-state index in [-0.39, 0.29) is 23.7 Å². The fraction of sp³-hybridized carbons (Fsp3) is 0.190. The van der Waals surface area contributed by atoms with Gasteiger partial charge in [-0.05, 0) is 37.1 Å². The highest BCUT2D eigenvalue weighted by Crippen LogP contribution is 2.16. The summed E-state index contributed by atoms with van der Waals surface area (Å²) in [7, 11) is 3.82. The summed E-state index contributed by atoms with van der Waals surface area (Å²) in [4.78, 5) is 27.1. The molecule has 0 bridgehead atoms. The molecule has 7 heteroatoms. The van der Waals surface area contributed by atoms with Gasteiger partial charge in [-0.25, -0.2) is 4.79 Å². The van der Waals surface area contributed by atoms with Crippen LogP contribution >= 0.6 is 11.6 Å². The van der Waals surface area contributed by atoms with Crippen LogP contribution < -0.4 is 9.47 Å². The molecule has 0 radical (unpaired) electrons. The second-order valence-electron chi connectivity index (χ2n) is 5.98. The number of nitrogens with zero attached hydrogens (tertiary/aromatic N) is 2. The van der Waals surface area contributed by atoms with Gasteiger partial charge in [0.1, 0.15) is 5.57 Å². The first kappa shape index (κ1) is 21.1. The number of esters is 1. The summed E-state index contributed by atoms with van der Waals surface area (Å²) in [5.74, 6) is 0.998. The number of carbonyl (C=O) groups is 2. The van der Waals surface area contributed by atoms with E-state index < -0.39 is 5.97 Å². The van der Waals surface area contributed by atoms with Gasteiger partial charge >= 0.3 is 5.97 Å². The average molecular weight is 399 g/mol. The van der Waals surface area contributed by atoms with E-state index >= 15 is 0 Å². The van der Waals surface area contributed by atoms with Gasteiger partial charge in [0.15, 0.2) is 12.4 Å². The average Bonchev–Trinajstić information content (AvgIpc) is 2.69. The number of aromatic nitrogens is 1. The molecule has 0 saturated heterocycles. The number of ether oxygens (including phenoxy) is 1. The minimum atomic E-state index is -0.718. The third-order valence-electron chi connectivity index (χ3n) is 3.86. The lowest BCUT2D eigenvalue weighted by molar-refractivity contribution is -0.576. The smallest absolute Gasteiger partial charge is 0.347 e. The topological polar surface area (TPSA) is 74.3 Å². The first-order valence-electron chi connectivity index (χ1n) is 8.55. The maximum atomic E-state index is 13.1. The van der Waals surface area contributed by atoms with E-state index in [2.05, 4.69) is 5.87 Å². The molecule has 2 aromatic rings. The fourth-order valence-electron chi connectivity index (χ4n) is 2.38. The number of pyridine rings is 1. The zero-order valence-corrected chi connectivity index (χ0v) is 16.7.